The predicted molar refractivity (Wildman–Crippen MR) is 46.0 cm³/mol. The normalized spacial score (nSPS) is 15.9. The van der Waals surface area contributed by atoms with E-state index >= 15 is 0 Å². The van der Waals surface area contributed by atoms with E-state index in [9.17, 15) is 4.79 Å². The van der Waals surface area contributed by atoms with Crippen molar-refractivity contribution in [1.82, 2.24) is 0 Å². The van der Waals surface area contributed by atoms with Crippen LogP contribution in [0.2, 0.25) is 0 Å². The van der Waals surface area contributed by atoms with Gasteiger partial charge in [0.25, 0.3) is 0 Å². The molecule has 0 heterocycles. The van der Waals surface area contributed by atoms with E-state index in [2.05, 4.69) is 0 Å². The van der Waals surface area contributed by atoms with Crippen molar-refractivity contribution in [3.05, 3.63) is 0 Å². The molecule has 0 radical (unpaired) electrons. The molecule has 2 atom stereocenters. The van der Waals surface area contributed by atoms with Gasteiger partial charge < -0.3 is 5.11 Å². The molecule has 0 saturated heterocycles. The monoisotopic (exact) mass is 178 g/mol. The van der Waals surface area contributed by atoms with Crippen LogP contribution in [0.15, 0.2) is 0 Å². The van der Waals surface area contributed by atoms with Crippen molar-refractivity contribution in [2.24, 2.45) is 5.92 Å². The molecule has 0 spiro atoms. The first kappa shape index (κ1) is 10.8. The van der Waals surface area contributed by atoms with E-state index in [1.54, 1.807) is 6.92 Å². The molecule has 11 heavy (non-hydrogen) atoms. The molecule has 2 unspecified atom stereocenters. The summed E-state index contributed by atoms with van der Waals surface area (Å²) in [6.45, 7) is 3.77. The highest BCUT2D eigenvalue weighted by Crippen LogP contribution is 2.17. The second kappa shape index (κ2) is 5.42. The van der Waals surface area contributed by atoms with E-state index in [0.29, 0.717) is 6.42 Å². The third-order valence-corrected chi connectivity index (χ3v) is 2.04. The lowest BCUT2D eigenvalue weighted by molar-refractivity contribution is -0.141. The molecule has 66 valence electrons. The lowest BCUT2D eigenvalue weighted by Crippen LogP contribution is -2.21. The van der Waals surface area contributed by atoms with Gasteiger partial charge in [-0.2, -0.15) is 0 Å². The van der Waals surface area contributed by atoms with Gasteiger partial charge in [-0.1, -0.05) is 19.8 Å². The Hall–Kier alpha value is -0.240. The summed E-state index contributed by atoms with van der Waals surface area (Å²) in [5.74, 6) is -1.16. The minimum Gasteiger partial charge on any atom is -0.481 e. The first-order valence-corrected chi connectivity index (χ1v) is 4.40. The summed E-state index contributed by atoms with van der Waals surface area (Å²) in [5.41, 5.74) is 0. The Morgan fingerprint density at radius 1 is 1.64 bits per heavy atom. The molecule has 0 aromatic carbocycles. The van der Waals surface area contributed by atoms with E-state index in [4.69, 9.17) is 16.7 Å². The van der Waals surface area contributed by atoms with E-state index < -0.39 is 5.97 Å². The molecule has 2 nitrogen and oxygen atoms in total. The number of carbonyl (C=O) groups is 1. The first-order valence-electron chi connectivity index (χ1n) is 3.96. The first-order chi connectivity index (χ1) is 5.09. The average molecular weight is 179 g/mol. The highest BCUT2D eigenvalue weighted by molar-refractivity contribution is 6.21. The van der Waals surface area contributed by atoms with Crippen LogP contribution in [0.25, 0.3) is 0 Å². The summed E-state index contributed by atoms with van der Waals surface area (Å²) in [5, 5.41) is 8.42. The number of hydrogen-bond acceptors (Lipinski definition) is 1. The lowest BCUT2D eigenvalue weighted by atomic mass is 9.99. The summed E-state index contributed by atoms with van der Waals surface area (Å²) < 4.78 is 0. The molecule has 0 bridgehead atoms. The minimum atomic E-state index is -0.777. The molecule has 3 heteroatoms. The van der Waals surface area contributed by atoms with Crippen molar-refractivity contribution < 1.29 is 9.90 Å². The second-order valence-corrected chi connectivity index (χ2v) is 3.45. The Labute approximate surface area is 72.6 Å². The molecule has 0 aliphatic heterocycles. The zero-order valence-electron chi connectivity index (χ0n) is 7.01. The van der Waals surface area contributed by atoms with Gasteiger partial charge in [-0.3, -0.25) is 4.79 Å². The molecule has 0 aromatic heterocycles. The third kappa shape index (κ3) is 4.25. The number of halogens is 1. The van der Waals surface area contributed by atoms with E-state index in [-0.39, 0.29) is 11.3 Å². The molecule has 0 aliphatic carbocycles. The summed E-state index contributed by atoms with van der Waals surface area (Å²) >= 11 is 5.69. The Kier molecular flexibility index (Phi) is 5.30. The van der Waals surface area contributed by atoms with E-state index in [1.807, 2.05) is 6.92 Å². The molecule has 0 rings (SSSR count). The fourth-order valence-corrected chi connectivity index (χ4v) is 1.21. The van der Waals surface area contributed by atoms with Crippen molar-refractivity contribution in [3.63, 3.8) is 0 Å². The van der Waals surface area contributed by atoms with Gasteiger partial charge >= 0.3 is 5.97 Å². The van der Waals surface area contributed by atoms with Crippen molar-refractivity contribution in [3.8, 4) is 0 Å². The van der Waals surface area contributed by atoms with Crippen LogP contribution >= 0.6 is 11.6 Å². The van der Waals surface area contributed by atoms with Crippen LogP contribution in [-0.2, 0) is 4.79 Å². The van der Waals surface area contributed by atoms with Gasteiger partial charge in [0.2, 0.25) is 0 Å². The number of carboxylic acid groups (broad SMARTS) is 1. The van der Waals surface area contributed by atoms with Crippen LogP contribution in [0, 0.1) is 5.92 Å². The number of rotatable bonds is 5. The molecular formula is C8H15ClO2. The van der Waals surface area contributed by atoms with Crippen LogP contribution < -0.4 is 0 Å². The quantitative estimate of drug-likeness (QED) is 0.657. The molecule has 0 fully saturated rings. The van der Waals surface area contributed by atoms with E-state index in [0.717, 1.165) is 12.8 Å². The van der Waals surface area contributed by atoms with Gasteiger partial charge in [0, 0.05) is 5.38 Å². The molecule has 0 amide bonds. The number of aliphatic carboxylic acids is 1. The van der Waals surface area contributed by atoms with Crippen LogP contribution in [0.5, 0.6) is 0 Å². The highest BCUT2D eigenvalue weighted by atomic mass is 35.5. The predicted octanol–water partition coefficient (Wildman–Crippen LogP) is 2.50. The lowest BCUT2D eigenvalue weighted by Gasteiger charge is -2.12. The van der Waals surface area contributed by atoms with Gasteiger partial charge in [-0.15, -0.1) is 11.6 Å². The maximum atomic E-state index is 10.6. The van der Waals surface area contributed by atoms with Crippen LogP contribution in [0.3, 0.4) is 0 Å². The number of carboxylic acids is 1. The molecule has 0 aromatic rings. The van der Waals surface area contributed by atoms with Crippen molar-refractivity contribution >= 4 is 17.6 Å². The molecule has 0 saturated carbocycles. The fraction of sp³-hybridized carbons (Fsp3) is 0.875. The number of hydrogen-bond donors (Lipinski definition) is 1. The van der Waals surface area contributed by atoms with Crippen molar-refractivity contribution in [2.75, 3.05) is 0 Å². The largest absolute Gasteiger partial charge is 0.481 e. The van der Waals surface area contributed by atoms with Crippen LogP contribution in [-0.4, -0.2) is 16.5 Å². The Morgan fingerprint density at radius 2 is 2.18 bits per heavy atom. The zero-order chi connectivity index (χ0) is 8.85. The summed E-state index contributed by atoms with van der Waals surface area (Å²) in [6.07, 6.45) is 2.65. The zero-order valence-corrected chi connectivity index (χ0v) is 7.77. The smallest absolute Gasteiger partial charge is 0.307 e. The Balaban J connectivity index is 3.80. The van der Waals surface area contributed by atoms with Crippen LogP contribution in [0.4, 0.5) is 0 Å². The Morgan fingerprint density at radius 3 is 2.45 bits per heavy atom. The van der Waals surface area contributed by atoms with Gasteiger partial charge in [0.15, 0.2) is 0 Å². The van der Waals surface area contributed by atoms with Crippen molar-refractivity contribution in [2.45, 2.75) is 38.5 Å². The fourth-order valence-electron chi connectivity index (χ4n) is 0.974. The molecular weight excluding hydrogens is 164 g/mol. The minimum absolute atomic E-state index is 0.265. The van der Waals surface area contributed by atoms with Crippen LogP contribution in [0.1, 0.15) is 33.1 Å². The summed E-state index contributed by atoms with van der Waals surface area (Å²) in [6, 6.07) is 0. The van der Waals surface area contributed by atoms with Gasteiger partial charge in [0.1, 0.15) is 0 Å². The van der Waals surface area contributed by atoms with Gasteiger partial charge in [-0.05, 0) is 13.3 Å². The highest BCUT2D eigenvalue weighted by Gasteiger charge is 2.21. The SMILES string of the molecule is CCCCC(C(=O)O)C(C)Cl. The summed E-state index contributed by atoms with van der Waals surface area (Å²) in [7, 11) is 0. The topological polar surface area (TPSA) is 37.3 Å². The number of alkyl halides is 1. The number of unbranched alkanes of at least 4 members (excludes halogenated alkanes) is 1. The molecule has 1 N–H and O–H groups in total. The maximum absolute atomic E-state index is 10.6. The van der Waals surface area contributed by atoms with Gasteiger partial charge in [0.05, 0.1) is 5.92 Å². The second-order valence-electron chi connectivity index (χ2n) is 2.76. The van der Waals surface area contributed by atoms with E-state index in [1.165, 1.54) is 0 Å². The summed E-state index contributed by atoms with van der Waals surface area (Å²) in [4.78, 5) is 10.6. The van der Waals surface area contributed by atoms with Gasteiger partial charge in [-0.25, -0.2) is 0 Å². The Bertz CT molecular complexity index is 123. The molecule has 0 aliphatic rings. The third-order valence-electron chi connectivity index (χ3n) is 1.74. The standard InChI is InChI=1S/C8H15ClO2/c1-3-4-5-7(6(2)9)8(10)11/h6-7H,3-5H2,1-2H3,(H,10,11). The van der Waals surface area contributed by atoms with Crippen molar-refractivity contribution in [1.29, 1.82) is 0 Å². The maximum Gasteiger partial charge on any atom is 0.307 e. The average Bonchev–Trinajstić information content (AvgIpc) is 1.87.